The molecule has 3 aromatic rings. The summed E-state index contributed by atoms with van der Waals surface area (Å²) in [5.74, 6) is -2.05. The van der Waals surface area contributed by atoms with Crippen molar-refractivity contribution in [1.82, 2.24) is 0 Å². The van der Waals surface area contributed by atoms with Gasteiger partial charge in [-0.25, -0.2) is 14.1 Å². The molecule has 6 nitrogen and oxygen atoms in total. The number of hydrogen-bond donors (Lipinski definition) is 1. The first-order valence-corrected chi connectivity index (χ1v) is 10.4. The van der Waals surface area contributed by atoms with Gasteiger partial charge in [0.15, 0.2) is 0 Å². The monoisotopic (exact) mass is 514 g/mol. The lowest BCUT2D eigenvalue weighted by Crippen LogP contribution is -2.32. The zero-order chi connectivity index (χ0) is 22.8. The molecule has 0 saturated heterocycles. The number of carbonyl (C=O) groups is 3. The maximum atomic E-state index is 13.2. The fourth-order valence-electron chi connectivity index (χ4n) is 2.94. The number of nitrogens with zero attached hydrogens (tertiary/aromatic N) is 1. The number of nitrogens with one attached hydrogen (secondary N) is 1. The van der Waals surface area contributed by atoms with Gasteiger partial charge in [0.1, 0.15) is 22.3 Å². The van der Waals surface area contributed by atoms with E-state index >= 15 is 0 Å². The second kappa shape index (κ2) is 8.94. The van der Waals surface area contributed by atoms with E-state index in [1.54, 1.807) is 36.4 Å². The van der Waals surface area contributed by atoms with E-state index in [9.17, 15) is 18.8 Å². The second-order valence-electron chi connectivity index (χ2n) is 6.66. The van der Waals surface area contributed by atoms with Crippen LogP contribution < -0.4 is 15.0 Å². The van der Waals surface area contributed by atoms with Crippen LogP contribution in [0.15, 0.2) is 88.0 Å². The number of ether oxygens (including phenoxy) is 1. The van der Waals surface area contributed by atoms with E-state index in [1.807, 2.05) is 0 Å². The van der Waals surface area contributed by atoms with Gasteiger partial charge in [0.2, 0.25) is 0 Å². The second-order valence-corrected chi connectivity index (χ2v) is 7.95. The first-order chi connectivity index (χ1) is 15.3. The van der Waals surface area contributed by atoms with E-state index in [-0.39, 0.29) is 16.4 Å². The van der Waals surface area contributed by atoms with Crippen LogP contribution in [0.4, 0.5) is 15.8 Å². The molecule has 1 N–H and O–H groups in total. The molecule has 1 aliphatic rings. The average molecular weight is 516 g/mol. The molecule has 0 radical (unpaired) electrons. The summed E-state index contributed by atoms with van der Waals surface area (Å²) in [5, 5.41) is 2.51. The van der Waals surface area contributed by atoms with Gasteiger partial charge >= 0.3 is 5.97 Å². The van der Waals surface area contributed by atoms with Crippen LogP contribution in [0.1, 0.15) is 10.4 Å². The highest BCUT2D eigenvalue weighted by molar-refractivity contribution is 9.10. The van der Waals surface area contributed by atoms with Crippen molar-refractivity contribution in [2.45, 2.75) is 0 Å². The maximum absolute atomic E-state index is 13.2. The van der Waals surface area contributed by atoms with E-state index in [1.165, 1.54) is 24.3 Å². The molecule has 2 amide bonds. The van der Waals surface area contributed by atoms with Crippen LogP contribution >= 0.6 is 27.5 Å². The quantitative estimate of drug-likeness (QED) is 0.286. The Morgan fingerprint density at radius 2 is 1.53 bits per heavy atom. The minimum absolute atomic E-state index is 0.119. The molecule has 0 spiro atoms. The lowest BCUT2D eigenvalue weighted by Gasteiger charge is -2.15. The van der Waals surface area contributed by atoms with Crippen LogP contribution in [0.25, 0.3) is 0 Å². The van der Waals surface area contributed by atoms with Crippen molar-refractivity contribution in [2.75, 3.05) is 10.2 Å². The predicted molar refractivity (Wildman–Crippen MR) is 121 cm³/mol. The number of imide groups is 1. The molecule has 1 aliphatic heterocycles. The normalized spacial score (nSPS) is 13.5. The lowest BCUT2D eigenvalue weighted by molar-refractivity contribution is -0.120. The fourth-order valence-corrected chi connectivity index (χ4v) is 3.42. The van der Waals surface area contributed by atoms with Crippen molar-refractivity contribution in [3.8, 4) is 5.75 Å². The van der Waals surface area contributed by atoms with E-state index in [4.69, 9.17) is 16.3 Å². The number of carbonyl (C=O) groups excluding carboxylic acids is 3. The van der Waals surface area contributed by atoms with Crippen molar-refractivity contribution in [2.24, 2.45) is 0 Å². The van der Waals surface area contributed by atoms with Gasteiger partial charge in [-0.05, 0) is 72.8 Å². The third kappa shape index (κ3) is 4.42. The standard InChI is InChI=1S/C23H13BrClFN2O4/c24-14-3-11-18(12-4-14)32-23(31)13-1-7-16(8-2-13)27-20-19(25)21(29)28(22(20)30)17-9-5-15(26)6-10-17/h1-12,27H. The molecule has 3 aromatic carbocycles. The van der Waals surface area contributed by atoms with Crippen molar-refractivity contribution in [3.63, 3.8) is 0 Å². The number of esters is 1. The van der Waals surface area contributed by atoms with E-state index in [0.29, 0.717) is 17.0 Å². The van der Waals surface area contributed by atoms with E-state index < -0.39 is 23.6 Å². The van der Waals surface area contributed by atoms with Gasteiger partial charge in [0, 0.05) is 10.2 Å². The Balaban J connectivity index is 1.47. The fraction of sp³-hybridized carbons (Fsp3) is 0. The average Bonchev–Trinajstić information content (AvgIpc) is 3.00. The third-order valence-electron chi connectivity index (χ3n) is 4.53. The molecule has 0 saturated carbocycles. The van der Waals surface area contributed by atoms with Gasteiger partial charge in [-0.2, -0.15) is 0 Å². The third-order valence-corrected chi connectivity index (χ3v) is 5.41. The number of hydrogen-bond acceptors (Lipinski definition) is 5. The molecule has 32 heavy (non-hydrogen) atoms. The molecule has 0 fully saturated rings. The molecular weight excluding hydrogens is 503 g/mol. The molecule has 1 heterocycles. The predicted octanol–water partition coefficient (Wildman–Crippen LogP) is 5.24. The molecule has 0 atom stereocenters. The molecular formula is C23H13BrClFN2O4. The smallest absolute Gasteiger partial charge is 0.343 e. The first kappa shape index (κ1) is 21.7. The van der Waals surface area contributed by atoms with Gasteiger partial charge in [-0.1, -0.05) is 27.5 Å². The zero-order valence-electron chi connectivity index (χ0n) is 16.1. The highest BCUT2D eigenvalue weighted by Crippen LogP contribution is 2.30. The minimum Gasteiger partial charge on any atom is -0.423 e. The van der Waals surface area contributed by atoms with Crippen molar-refractivity contribution < 1.29 is 23.5 Å². The molecule has 0 aromatic heterocycles. The van der Waals surface area contributed by atoms with Gasteiger partial charge in [-0.15, -0.1) is 0 Å². The van der Waals surface area contributed by atoms with E-state index in [0.717, 1.165) is 21.5 Å². The van der Waals surface area contributed by atoms with Crippen LogP contribution in [0.2, 0.25) is 0 Å². The highest BCUT2D eigenvalue weighted by Gasteiger charge is 2.38. The molecule has 9 heteroatoms. The topological polar surface area (TPSA) is 75.7 Å². The van der Waals surface area contributed by atoms with Crippen LogP contribution in [-0.2, 0) is 9.59 Å². The summed E-state index contributed by atoms with van der Waals surface area (Å²) in [6.07, 6.45) is 0. The first-order valence-electron chi connectivity index (χ1n) is 9.22. The Hall–Kier alpha value is -3.49. The minimum atomic E-state index is -0.722. The van der Waals surface area contributed by atoms with Gasteiger partial charge in [-0.3, -0.25) is 9.59 Å². The molecule has 0 unspecified atom stereocenters. The molecule has 0 bridgehead atoms. The van der Waals surface area contributed by atoms with E-state index in [2.05, 4.69) is 21.2 Å². The summed E-state index contributed by atoms with van der Waals surface area (Å²) in [6.45, 7) is 0. The number of anilines is 2. The van der Waals surface area contributed by atoms with Crippen LogP contribution in [0, 0.1) is 5.82 Å². The van der Waals surface area contributed by atoms with Crippen LogP contribution in [0.5, 0.6) is 5.75 Å². The molecule has 0 aliphatic carbocycles. The maximum Gasteiger partial charge on any atom is 0.343 e. The van der Waals surface area contributed by atoms with Crippen LogP contribution in [-0.4, -0.2) is 17.8 Å². The summed E-state index contributed by atoms with van der Waals surface area (Å²) in [7, 11) is 0. The molecule has 4 rings (SSSR count). The Bertz CT molecular complexity index is 1240. The van der Waals surface area contributed by atoms with Crippen LogP contribution in [0.3, 0.4) is 0 Å². The van der Waals surface area contributed by atoms with Gasteiger partial charge < -0.3 is 10.1 Å². The summed E-state index contributed by atoms with van der Waals surface area (Å²) in [5.41, 5.74) is 0.800. The van der Waals surface area contributed by atoms with Gasteiger partial charge in [0.05, 0.1) is 11.3 Å². The summed E-state index contributed by atoms with van der Waals surface area (Å²) < 4.78 is 19.3. The Labute approximate surface area is 195 Å². The number of halogens is 3. The largest absolute Gasteiger partial charge is 0.423 e. The highest BCUT2D eigenvalue weighted by atomic mass is 79.9. The van der Waals surface area contributed by atoms with Crippen molar-refractivity contribution >= 4 is 56.7 Å². The Morgan fingerprint density at radius 1 is 0.906 bits per heavy atom. The summed E-state index contributed by atoms with van der Waals surface area (Å²) >= 11 is 9.39. The van der Waals surface area contributed by atoms with Crippen molar-refractivity contribution in [3.05, 3.63) is 99.4 Å². The Kier molecular flexibility index (Phi) is 6.07. The van der Waals surface area contributed by atoms with Crippen molar-refractivity contribution in [1.29, 1.82) is 0 Å². The number of benzene rings is 3. The molecule has 160 valence electrons. The summed E-state index contributed by atoms with van der Waals surface area (Å²) in [6, 6.07) is 17.8. The lowest BCUT2D eigenvalue weighted by atomic mass is 10.2. The SMILES string of the molecule is O=C(Oc1ccc(Br)cc1)c1ccc(NC2=C(Cl)C(=O)N(c3ccc(F)cc3)C2=O)cc1. The van der Waals surface area contributed by atoms with Gasteiger partial charge in [0.25, 0.3) is 11.8 Å². The zero-order valence-corrected chi connectivity index (χ0v) is 18.5. The summed E-state index contributed by atoms with van der Waals surface area (Å²) in [4.78, 5) is 38.4. The Morgan fingerprint density at radius 3 is 2.16 bits per heavy atom. The number of rotatable bonds is 5. The number of amides is 2.